The first-order chi connectivity index (χ1) is 8.37. The number of aromatic nitrogens is 3. The molecule has 0 aliphatic heterocycles. The van der Waals surface area contributed by atoms with Gasteiger partial charge in [-0.2, -0.15) is 0 Å². The highest BCUT2D eigenvalue weighted by Gasteiger charge is 2.19. The summed E-state index contributed by atoms with van der Waals surface area (Å²) in [7, 11) is 0. The number of alkyl halides is 1. The lowest BCUT2D eigenvalue weighted by Crippen LogP contribution is -2.15. The second kappa shape index (κ2) is 6.55. The van der Waals surface area contributed by atoms with Gasteiger partial charge in [-0.1, -0.05) is 34.6 Å². The van der Waals surface area contributed by atoms with Gasteiger partial charge in [0.05, 0.1) is 5.88 Å². The van der Waals surface area contributed by atoms with Crippen LogP contribution in [0, 0.1) is 11.3 Å². The Morgan fingerprint density at radius 1 is 1.22 bits per heavy atom. The second-order valence-electron chi connectivity index (χ2n) is 6.39. The summed E-state index contributed by atoms with van der Waals surface area (Å²) in [6.45, 7) is 12.3. The van der Waals surface area contributed by atoms with Gasteiger partial charge in [-0.15, -0.1) is 21.8 Å². The third kappa shape index (κ3) is 4.60. The van der Waals surface area contributed by atoms with Crippen LogP contribution < -0.4 is 0 Å². The maximum Gasteiger partial charge on any atom is 0.147 e. The third-order valence-corrected chi connectivity index (χ3v) is 3.20. The van der Waals surface area contributed by atoms with Crippen LogP contribution in [0.25, 0.3) is 0 Å². The van der Waals surface area contributed by atoms with E-state index in [-0.39, 0.29) is 0 Å². The molecule has 0 radical (unpaired) electrons. The van der Waals surface area contributed by atoms with Crippen molar-refractivity contribution in [3.63, 3.8) is 0 Å². The third-order valence-electron chi connectivity index (χ3n) is 2.96. The Morgan fingerprint density at radius 3 is 2.33 bits per heavy atom. The monoisotopic (exact) mass is 271 g/mol. The van der Waals surface area contributed by atoms with E-state index in [1.807, 2.05) is 0 Å². The molecule has 0 N–H and O–H groups in total. The van der Waals surface area contributed by atoms with Gasteiger partial charge < -0.3 is 4.57 Å². The lowest BCUT2D eigenvalue weighted by molar-refractivity contribution is 0.301. The summed E-state index contributed by atoms with van der Waals surface area (Å²) in [6, 6.07) is 0. The molecule has 1 heterocycles. The molecule has 4 heteroatoms. The number of hydrogen-bond acceptors (Lipinski definition) is 2. The maximum absolute atomic E-state index is 5.90. The SMILES string of the molecule is CCCn1c(CCl)nnc1CC(C)CC(C)(C)C. The topological polar surface area (TPSA) is 30.7 Å². The van der Waals surface area contributed by atoms with Gasteiger partial charge in [-0.25, -0.2) is 0 Å². The average molecular weight is 272 g/mol. The van der Waals surface area contributed by atoms with Crippen molar-refractivity contribution in [3.05, 3.63) is 11.6 Å². The summed E-state index contributed by atoms with van der Waals surface area (Å²) >= 11 is 5.90. The van der Waals surface area contributed by atoms with E-state index in [2.05, 4.69) is 49.4 Å². The molecule has 1 aromatic heterocycles. The Hall–Kier alpha value is -0.570. The van der Waals surface area contributed by atoms with Crippen LogP contribution in [0.2, 0.25) is 0 Å². The smallest absolute Gasteiger partial charge is 0.147 e. The van der Waals surface area contributed by atoms with E-state index in [9.17, 15) is 0 Å². The molecule has 0 aliphatic rings. The summed E-state index contributed by atoms with van der Waals surface area (Å²) in [6.07, 6.45) is 3.27. The molecule has 3 nitrogen and oxygen atoms in total. The summed E-state index contributed by atoms with van der Waals surface area (Å²) in [5.74, 6) is 3.05. The highest BCUT2D eigenvalue weighted by Crippen LogP contribution is 2.26. The van der Waals surface area contributed by atoms with Crippen LogP contribution in [0.3, 0.4) is 0 Å². The van der Waals surface area contributed by atoms with E-state index < -0.39 is 0 Å². The molecule has 0 saturated carbocycles. The molecule has 0 fully saturated rings. The van der Waals surface area contributed by atoms with Crippen molar-refractivity contribution in [3.8, 4) is 0 Å². The number of hydrogen-bond donors (Lipinski definition) is 0. The summed E-state index contributed by atoms with van der Waals surface area (Å²) in [5.41, 5.74) is 0.365. The molecule has 18 heavy (non-hydrogen) atoms. The Balaban J connectivity index is 2.74. The molecular formula is C14H26ClN3. The van der Waals surface area contributed by atoms with Crippen LogP contribution in [-0.4, -0.2) is 14.8 Å². The highest BCUT2D eigenvalue weighted by atomic mass is 35.5. The summed E-state index contributed by atoms with van der Waals surface area (Å²) < 4.78 is 2.19. The molecule has 0 bridgehead atoms. The van der Waals surface area contributed by atoms with E-state index in [1.165, 1.54) is 6.42 Å². The second-order valence-corrected chi connectivity index (χ2v) is 6.66. The molecular weight excluding hydrogens is 246 g/mol. The first-order valence-electron chi connectivity index (χ1n) is 6.84. The van der Waals surface area contributed by atoms with Gasteiger partial charge in [-0.3, -0.25) is 0 Å². The zero-order valence-electron chi connectivity index (χ0n) is 12.3. The van der Waals surface area contributed by atoms with Crippen molar-refractivity contribution < 1.29 is 0 Å². The van der Waals surface area contributed by atoms with Crippen molar-refractivity contribution in [2.45, 2.75) is 66.3 Å². The van der Waals surface area contributed by atoms with Crippen LogP contribution >= 0.6 is 11.6 Å². The van der Waals surface area contributed by atoms with Crippen LogP contribution in [0.5, 0.6) is 0 Å². The van der Waals surface area contributed by atoms with Gasteiger partial charge in [-0.05, 0) is 24.2 Å². The van der Waals surface area contributed by atoms with E-state index in [0.29, 0.717) is 17.2 Å². The Kier molecular flexibility index (Phi) is 5.64. The number of nitrogens with zero attached hydrogens (tertiary/aromatic N) is 3. The minimum atomic E-state index is 0.365. The molecule has 0 aliphatic carbocycles. The lowest BCUT2D eigenvalue weighted by atomic mass is 9.84. The minimum absolute atomic E-state index is 0.365. The maximum atomic E-state index is 5.90. The zero-order valence-corrected chi connectivity index (χ0v) is 13.1. The van der Waals surface area contributed by atoms with Gasteiger partial charge >= 0.3 is 0 Å². The van der Waals surface area contributed by atoms with Gasteiger partial charge in [0.25, 0.3) is 0 Å². The summed E-state index contributed by atoms with van der Waals surface area (Å²) in [5, 5.41) is 8.49. The molecule has 1 unspecified atom stereocenters. The molecule has 1 rings (SSSR count). The van der Waals surface area contributed by atoms with Crippen molar-refractivity contribution >= 4 is 11.6 Å². The van der Waals surface area contributed by atoms with Gasteiger partial charge in [0, 0.05) is 13.0 Å². The fourth-order valence-electron chi connectivity index (χ4n) is 2.53. The Morgan fingerprint density at radius 2 is 1.83 bits per heavy atom. The fraction of sp³-hybridized carbons (Fsp3) is 0.857. The minimum Gasteiger partial charge on any atom is -0.314 e. The normalized spacial score (nSPS) is 13.9. The molecule has 104 valence electrons. The van der Waals surface area contributed by atoms with Crippen molar-refractivity contribution in [1.29, 1.82) is 0 Å². The molecule has 1 atom stereocenters. The highest BCUT2D eigenvalue weighted by molar-refractivity contribution is 6.16. The van der Waals surface area contributed by atoms with Crippen LogP contribution in [0.1, 0.15) is 59.1 Å². The van der Waals surface area contributed by atoms with Crippen molar-refractivity contribution in [2.24, 2.45) is 11.3 Å². The summed E-state index contributed by atoms with van der Waals surface area (Å²) in [4.78, 5) is 0. The predicted octanol–water partition coefficient (Wildman–Crippen LogP) is 4.04. The number of rotatable bonds is 6. The predicted molar refractivity (Wildman–Crippen MR) is 76.8 cm³/mol. The zero-order chi connectivity index (χ0) is 13.8. The van der Waals surface area contributed by atoms with Gasteiger partial charge in [0.2, 0.25) is 0 Å². The van der Waals surface area contributed by atoms with E-state index >= 15 is 0 Å². The standard InChI is InChI=1S/C14H26ClN3/c1-6-7-18-12(16-17-13(18)10-15)8-11(2)9-14(3,4)5/h11H,6-10H2,1-5H3. The van der Waals surface area contributed by atoms with Crippen LogP contribution in [0.15, 0.2) is 0 Å². The lowest BCUT2D eigenvalue weighted by Gasteiger charge is -2.23. The van der Waals surface area contributed by atoms with E-state index in [1.54, 1.807) is 0 Å². The van der Waals surface area contributed by atoms with E-state index in [0.717, 1.165) is 31.0 Å². The molecule has 1 aromatic rings. The average Bonchev–Trinajstić information content (AvgIpc) is 2.59. The van der Waals surface area contributed by atoms with E-state index in [4.69, 9.17) is 11.6 Å². The van der Waals surface area contributed by atoms with Crippen molar-refractivity contribution in [2.75, 3.05) is 0 Å². The first kappa shape index (κ1) is 15.5. The molecule has 0 saturated heterocycles. The molecule has 0 spiro atoms. The number of halogens is 1. The molecule has 0 aromatic carbocycles. The van der Waals surface area contributed by atoms with Crippen LogP contribution in [-0.2, 0) is 18.8 Å². The van der Waals surface area contributed by atoms with Gasteiger partial charge in [0.15, 0.2) is 0 Å². The van der Waals surface area contributed by atoms with Crippen LogP contribution in [0.4, 0.5) is 0 Å². The Labute approximate surface area is 116 Å². The quantitative estimate of drug-likeness (QED) is 0.731. The van der Waals surface area contributed by atoms with Crippen molar-refractivity contribution in [1.82, 2.24) is 14.8 Å². The molecule has 0 amide bonds. The van der Waals surface area contributed by atoms with Gasteiger partial charge in [0.1, 0.15) is 11.6 Å². The fourth-order valence-corrected chi connectivity index (χ4v) is 2.73. The Bertz CT molecular complexity index is 366. The first-order valence-corrected chi connectivity index (χ1v) is 7.37. The largest absolute Gasteiger partial charge is 0.314 e.